The van der Waals surface area contributed by atoms with Crippen LogP contribution in [0.2, 0.25) is 0 Å². The fourth-order valence-corrected chi connectivity index (χ4v) is 4.08. The average Bonchev–Trinajstić information content (AvgIpc) is 2.62. The first-order chi connectivity index (χ1) is 12.5. The van der Waals surface area contributed by atoms with Gasteiger partial charge in [0.15, 0.2) is 5.96 Å². The summed E-state index contributed by atoms with van der Waals surface area (Å²) >= 11 is 0. The third-order valence-electron chi connectivity index (χ3n) is 5.21. The molecule has 2 aliphatic heterocycles. The molecule has 0 aromatic carbocycles. The summed E-state index contributed by atoms with van der Waals surface area (Å²) in [5.41, 5.74) is 1.18. The molecule has 0 bridgehead atoms. The van der Waals surface area contributed by atoms with E-state index in [0.29, 0.717) is 11.8 Å². The second kappa shape index (κ2) is 8.71. The average molecular weight is 360 g/mol. The number of rotatable bonds is 3. The van der Waals surface area contributed by atoms with Crippen molar-refractivity contribution >= 4 is 11.8 Å². The summed E-state index contributed by atoms with van der Waals surface area (Å²) < 4.78 is 5.61. The first kappa shape index (κ1) is 19.0. The smallest absolute Gasteiger partial charge is 0.193 e. The van der Waals surface area contributed by atoms with Crippen LogP contribution in [-0.4, -0.2) is 61.8 Å². The highest BCUT2D eigenvalue weighted by atomic mass is 16.5. The van der Waals surface area contributed by atoms with E-state index in [4.69, 9.17) is 4.74 Å². The van der Waals surface area contributed by atoms with E-state index in [-0.39, 0.29) is 6.10 Å². The molecule has 3 atom stereocenters. The molecule has 1 aromatic rings. The van der Waals surface area contributed by atoms with Crippen molar-refractivity contribution in [2.24, 2.45) is 16.8 Å². The summed E-state index contributed by atoms with van der Waals surface area (Å²) in [7, 11) is 1.87. The largest absolute Gasteiger partial charge is 0.375 e. The lowest BCUT2D eigenvalue weighted by Crippen LogP contribution is -2.48. The number of ether oxygens (including phenoxy) is 1. The van der Waals surface area contributed by atoms with Crippen LogP contribution in [0, 0.1) is 11.8 Å². The van der Waals surface area contributed by atoms with Crippen LogP contribution in [0.3, 0.4) is 0 Å². The molecule has 144 valence electrons. The minimum absolute atomic E-state index is 0.268. The summed E-state index contributed by atoms with van der Waals surface area (Å²) in [5, 5.41) is 3.50. The Hall–Kier alpha value is -1.82. The summed E-state index contributed by atoms with van der Waals surface area (Å²) in [6, 6.07) is 4.27. The van der Waals surface area contributed by atoms with Gasteiger partial charge in [0.05, 0.1) is 12.7 Å². The van der Waals surface area contributed by atoms with Crippen LogP contribution in [-0.2, 0) is 11.3 Å². The Labute approximate surface area is 157 Å². The van der Waals surface area contributed by atoms with E-state index in [2.05, 4.69) is 58.0 Å². The number of anilines is 1. The molecule has 0 saturated carbocycles. The molecule has 6 nitrogen and oxygen atoms in total. The number of piperidine rings is 1. The lowest BCUT2D eigenvalue weighted by Gasteiger charge is -2.37. The zero-order valence-electron chi connectivity index (χ0n) is 16.6. The summed E-state index contributed by atoms with van der Waals surface area (Å²) in [6.45, 7) is 12.3. The number of hydrogen-bond acceptors (Lipinski definition) is 4. The molecule has 3 unspecified atom stereocenters. The van der Waals surface area contributed by atoms with Gasteiger partial charge >= 0.3 is 0 Å². The van der Waals surface area contributed by atoms with E-state index in [0.717, 1.165) is 51.1 Å². The number of guanidine groups is 1. The highest BCUT2D eigenvalue weighted by molar-refractivity contribution is 5.80. The quantitative estimate of drug-likeness (QED) is 0.663. The standard InChI is InChI=1S/C20H33N5O/c1-15-9-16(2)13-25(12-15)20(21-4)23-11-18-5-6-19(22-10-18)24-7-8-26-17(3)14-24/h5-6,10,15-17H,7-9,11-14H2,1-4H3,(H,21,23). The van der Waals surface area contributed by atoms with E-state index >= 15 is 0 Å². The lowest BCUT2D eigenvalue weighted by atomic mass is 9.92. The van der Waals surface area contributed by atoms with Gasteiger partial charge < -0.3 is 19.9 Å². The van der Waals surface area contributed by atoms with E-state index in [1.54, 1.807) is 0 Å². The summed E-state index contributed by atoms with van der Waals surface area (Å²) in [4.78, 5) is 13.8. The lowest BCUT2D eigenvalue weighted by molar-refractivity contribution is 0.0529. The van der Waals surface area contributed by atoms with Gasteiger partial charge in [0.1, 0.15) is 5.82 Å². The Balaban J connectivity index is 1.55. The van der Waals surface area contributed by atoms with Gasteiger partial charge in [0, 0.05) is 46.0 Å². The van der Waals surface area contributed by atoms with Gasteiger partial charge in [-0.25, -0.2) is 4.98 Å². The molecule has 2 fully saturated rings. The Morgan fingerprint density at radius 3 is 2.62 bits per heavy atom. The summed E-state index contributed by atoms with van der Waals surface area (Å²) in [6.07, 6.45) is 3.54. The number of aliphatic imine (C=N–C) groups is 1. The third-order valence-corrected chi connectivity index (χ3v) is 5.21. The van der Waals surface area contributed by atoms with Gasteiger partial charge in [-0.3, -0.25) is 4.99 Å². The predicted octanol–water partition coefficient (Wildman–Crippen LogP) is 2.36. The molecule has 1 N–H and O–H groups in total. The minimum Gasteiger partial charge on any atom is -0.375 e. The molecule has 0 amide bonds. The molecule has 3 heterocycles. The second-order valence-corrected chi connectivity index (χ2v) is 7.90. The molecule has 1 aromatic heterocycles. The van der Waals surface area contributed by atoms with Gasteiger partial charge in [-0.05, 0) is 36.8 Å². The molecule has 0 radical (unpaired) electrons. The van der Waals surface area contributed by atoms with Crippen molar-refractivity contribution in [3.05, 3.63) is 23.9 Å². The molecule has 0 spiro atoms. The summed E-state index contributed by atoms with van der Waals surface area (Å²) in [5.74, 6) is 3.46. The first-order valence-corrected chi connectivity index (χ1v) is 9.82. The van der Waals surface area contributed by atoms with Gasteiger partial charge in [0.2, 0.25) is 0 Å². The number of nitrogens with zero attached hydrogens (tertiary/aromatic N) is 4. The van der Waals surface area contributed by atoms with Crippen molar-refractivity contribution in [2.75, 3.05) is 44.7 Å². The van der Waals surface area contributed by atoms with Crippen molar-refractivity contribution in [3.63, 3.8) is 0 Å². The molecular weight excluding hydrogens is 326 g/mol. The maximum absolute atomic E-state index is 5.61. The van der Waals surface area contributed by atoms with E-state index < -0.39 is 0 Å². The highest BCUT2D eigenvalue weighted by Gasteiger charge is 2.24. The Kier molecular flexibility index (Phi) is 6.35. The Morgan fingerprint density at radius 2 is 2.00 bits per heavy atom. The Bertz CT molecular complexity index is 593. The fraction of sp³-hybridized carbons (Fsp3) is 0.700. The fourth-order valence-electron chi connectivity index (χ4n) is 4.08. The van der Waals surface area contributed by atoms with Crippen LogP contribution < -0.4 is 10.2 Å². The molecule has 2 saturated heterocycles. The normalized spacial score (nSPS) is 27.5. The number of morpholine rings is 1. The topological polar surface area (TPSA) is 53.0 Å². The van der Waals surface area contributed by atoms with Crippen LogP contribution in [0.1, 0.15) is 32.8 Å². The van der Waals surface area contributed by atoms with Crippen molar-refractivity contribution < 1.29 is 4.74 Å². The number of aromatic nitrogens is 1. The van der Waals surface area contributed by atoms with Crippen molar-refractivity contribution in [3.8, 4) is 0 Å². The molecule has 6 heteroatoms. The zero-order chi connectivity index (χ0) is 18.5. The minimum atomic E-state index is 0.268. The molecule has 26 heavy (non-hydrogen) atoms. The predicted molar refractivity (Wildman–Crippen MR) is 107 cm³/mol. The van der Waals surface area contributed by atoms with Crippen molar-refractivity contribution in [2.45, 2.75) is 39.8 Å². The highest BCUT2D eigenvalue weighted by Crippen LogP contribution is 2.21. The molecule has 3 rings (SSSR count). The van der Waals surface area contributed by atoms with E-state index in [9.17, 15) is 0 Å². The molecule has 2 aliphatic rings. The SMILES string of the molecule is CN=C(NCc1ccc(N2CCOC(C)C2)nc1)N1CC(C)CC(C)C1. The monoisotopic (exact) mass is 359 g/mol. The van der Waals surface area contributed by atoms with Crippen LogP contribution in [0.5, 0.6) is 0 Å². The van der Waals surface area contributed by atoms with Crippen molar-refractivity contribution in [1.82, 2.24) is 15.2 Å². The van der Waals surface area contributed by atoms with E-state index in [1.807, 2.05) is 13.2 Å². The van der Waals surface area contributed by atoms with Crippen LogP contribution in [0.4, 0.5) is 5.82 Å². The zero-order valence-corrected chi connectivity index (χ0v) is 16.6. The Morgan fingerprint density at radius 1 is 1.23 bits per heavy atom. The second-order valence-electron chi connectivity index (χ2n) is 7.90. The van der Waals surface area contributed by atoms with Crippen molar-refractivity contribution in [1.29, 1.82) is 0 Å². The van der Waals surface area contributed by atoms with E-state index in [1.165, 1.54) is 12.0 Å². The third kappa shape index (κ3) is 4.87. The van der Waals surface area contributed by atoms with Gasteiger partial charge in [-0.15, -0.1) is 0 Å². The van der Waals surface area contributed by atoms with Gasteiger partial charge in [-0.2, -0.15) is 0 Å². The number of likely N-dealkylation sites (tertiary alicyclic amines) is 1. The molecular formula is C20H33N5O. The number of nitrogens with one attached hydrogen (secondary N) is 1. The van der Waals surface area contributed by atoms with Crippen LogP contribution in [0.25, 0.3) is 0 Å². The number of hydrogen-bond donors (Lipinski definition) is 1. The maximum Gasteiger partial charge on any atom is 0.193 e. The molecule has 0 aliphatic carbocycles. The maximum atomic E-state index is 5.61. The van der Waals surface area contributed by atoms with Gasteiger partial charge in [-0.1, -0.05) is 19.9 Å². The van der Waals surface area contributed by atoms with Crippen LogP contribution >= 0.6 is 0 Å². The first-order valence-electron chi connectivity index (χ1n) is 9.82. The van der Waals surface area contributed by atoms with Crippen LogP contribution in [0.15, 0.2) is 23.3 Å². The number of pyridine rings is 1. The van der Waals surface area contributed by atoms with Gasteiger partial charge in [0.25, 0.3) is 0 Å².